The Morgan fingerprint density at radius 2 is 2.22 bits per heavy atom. The Labute approximate surface area is 125 Å². The van der Waals surface area contributed by atoms with E-state index in [0.717, 1.165) is 0 Å². The van der Waals surface area contributed by atoms with Crippen molar-refractivity contribution in [2.75, 3.05) is 7.05 Å². The molecule has 1 unspecified atom stereocenters. The molecule has 1 amide bonds. The van der Waals surface area contributed by atoms with Crippen LogP contribution in [0.3, 0.4) is 0 Å². The number of rotatable bonds is 4. The summed E-state index contributed by atoms with van der Waals surface area (Å²) < 4.78 is 13.6. The minimum absolute atomic E-state index is 0.0872. The monoisotopic (exact) mass is 380 g/mol. The molecule has 0 heterocycles. The summed E-state index contributed by atoms with van der Waals surface area (Å²) in [6.07, 6.45) is 0.468. The lowest BCUT2D eigenvalue weighted by Gasteiger charge is -2.25. The first-order valence-electron chi connectivity index (χ1n) is 5.33. The summed E-state index contributed by atoms with van der Waals surface area (Å²) in [4.78, 5) is 14.1. The largest absolute Gasteiger partial charge is 0.393 e. The molecule has 2 N–H and O–H groups in total. The van der Waals surface area contributed by atoms with Crippen molar-refractivity contribution >= 4 is 45.7 Å². The molecule has 0 bridgehead atoms. The van der Waals surface area contributed by atoms with Gasteiger partial charge in [-0.05, 0) is 47.7 Å². The minimum Gasteiger partial charge on any atom is -0.393 e. The Bertz CT molecular complexity index is 481. The lowest BCUT2D eigenvalue weighted by molar-refractivity contribution is 0.0747. The van der Waals surface area contributed by atoms with Gasteiger partial charge in [0.1, 0.15) is 5.82 Å². The van der Waals surface area contributed by atoms with E-state index in [1.807, 2.05) is 29.5 Å². The van der Waals surface area contributed by atoms with E-state index in [-0.39, 0.29) is 17.8 Å². The van der Waals surface area contributed by atoms with Crippen LogP contribution in [0.2, 0.25) is 0 Å². The van der Waals surface area contributed by atoms with Crippen LogP contribution in [-0.4, -0.2) is 28.9 Å². The van der Waals surface area contributed by atoms with Gasteiger partial charge in [-0.1, -0.05) is 12.2 Å². The topological polar surface area (TPSA) is 46.3 Å². The molecular weight excluding hydrogens is 366 g/mol. The molecule has 0 spiro atoms. The fourth-order valence-corrected chi connectivity index (χ4v) is 2.43. The van der Waals surface area contributed by atoms with Crippen molar-refractivity contribution in [3.63, 3.8) is 0 Å². The summed E-state index contributed by atoms with van der Waals surface area (Å²) in [6.45, 7) is 1.87. The van der Waals surface area contributed by atoms with E-state index in [2.05, 4.69) is 0 Å². The van der Waals surface area contributed by atoms with Crippen molar-refractivity contribution in [1.82, 2.24) is 4.90 Å². The van der Waals surface area contributed by atoms with E-state index >= 15 is 0 Å². The molecule has 1 aromatic carbocycles. The number of carbonyl (C=O) groups is 1. The Balaban J connectivity index is 2.89. The van der Waals surface area contributed by atoms with Crippen LogP contribution in [0.25, 0.3) is 0 Å². The molecule has 0 aliphatic heterocycles. The van der Waals surface area contributed by atoms with Gasteiger partial charge in [-0.3, -0.25) is 4.79 Å². The predicted octanol–water partition coefficient (Wildman–Crippen LogP) is 2.57. The molecule has 98 valence electrons. The van der Waals surface area contributed by atoms with Crippen LogP contribution in [0.4, 0.5) is 4.39 Å². The maximum absolute atomic E-state index is 13.0. The summed E-state index contributed by atoms with van der Waals surface area (Å²) in [6, 6.07) is 4.01. The number of amides is 1. The fraction of sp³-hybridized carbons (Fsp3) is 0.333. The molecule has 3 nitrogen and oxygen atoms in total. The van der Waals surface area contributed by atoms with Crippen LogP contribution in [0.5, 0.6) is 0 Å². The minimum atomic E-state index is -0.352. The summed E-state index contributed by atoms with van der Waals surface area (Å²) in [7, 11) is 1.69. The zero-order chi connectivity index (χ0) is 13.9. The van der Waals surface area contributed by atoms with Gasteiger partial charge in [0.15, 0.2) is 0 Å². The number of nitrogens with zero attached hydrogens (tertiary/aromatic N) is 1. The number of benzene rings is 1. The zero-order valence-electron chi connectivity index (χ0n) is 10.1. The number of halogens is 2. The summed E-state index contributed by atoms with van der Waals surface area (Å²) in [5.41, 5.74) is 5.94. The maximum Gasteiger partial charge on any atom is 0.254 e. The highest BCUT2D eigenvalue weighted by Crippen LogP contribution is 2.17. The zero-order valence-corrected chi connectivity index (χ0v) is 13.1. The van der Waals surface area contributed by atoms with Crippen molar-refractivity contribution < 1.29 is 9.18 Å². The molecule has 1 aromatic rings. The number of nitrogens with two attached hydrogens (primary N) is 1. The molecule has 0 saturated heterocycles. The van der Waals surface area contributed by atoms with Gasteiger partial charge >= 0.3 is 0 Å². The Morgan fingerprint density at radius 3 is 2.72 bits per heavy atom. The molecule has 0 saturated carbocycles. The highest BCUT2D eigenvalue weighted by molar-refractivity contribution is 14.1. The van der Waals surface area contributed by atoms with E-state index in [9.17, 15) is 9.18 Å². The third-order valence-electron chi connectivity index (χ3n) is 2.64. The van der Waals surface area contributed by atoms with Crippen molar-refractivity contribution in [3.05, 3.63) is 33.1 Å². The molecule has 0 aliphatic rings. The first-order chi connectivity index (χ1) is 8.32. The first kappa shape index (κ1) is 15.3. The van der Waals surface area contributed by atoms with E-state index in [4.69, 9.17) is 18.0 Å². The Hall–Kier alpha value is -0.760. The number of carbonyl (C=O) groups excluding carboxylic acids is 1. The second kappa shape index (κ2) is 6.42. The molecular formula is C12H14FIN2OS. The van der Waals surface area contributed by atoms with Crippen LogP contribution in [0.1, 0.15) is 23.7 Å². The van der Waals surface area contributed by atoms with Crippen LogP contribution in [-0.2, 0) is 0 Å². The van der Waals surface area contributed by atoms with Gasteiger partial charge in [-0.2, -0.15) is 0 Å². The average Bonchev–Trinajstić information content (AvgIpc) is 2.26. The van der Waals surface area contributed by atoms with Gasteiger partial charge < -0.3 is 10.6 Å². The molecule has 0 radical (unpaired) electrons. The lowest BCUT2D eigenvalue weighted by Crippen LogP contribution is -2.37. The van der Waals surface area contributed by atoms with Crippen molar-refractivity contribution in [2.45, 2.75) is 19.4 Å². The molecule has 18 heavy (non-hydrogen) atoms. The van der Waals surface area contributed by atoms with Gasteiger partial charge in [0.05, 0.1) is 10.6 Å². The molecule has 6 heteroatoms. The van der Waals surface area contributed by atoms with E-state index in [1.54, 1.807) is 11.9 Å². The molecule has 1 rings (SSSR count). The van der Waals surface area contributed by atoms with Crippen LogP contribution in [0, 0.1) is 9.39 Å². The summed E-state index contributed by atoms with van der Waals surface area (Å²) >= 11 is 6.77. The van der Waals surface area contributed by atoms with Gasteiger partial charge in [-0.25, -0.2) is 4.39 Å². The third-order valence-corrected chi connectivity index (χ3v) is 3.70. The lowest BCUT2D eigenvalue weighted by atomic mass is 10.1. The van der Waals surface area contributed by atoms with Crippen molar-refractivity contribution in [2.24, 2.45) is 5.73 Å². The Morgan fingerprint density at radius 1 is 1.61 bits per heavy atom. The molecule has 0 aromatic heterocycles. The summed E-state index contributed by atoms with van der Waals surface area (Å²) in [5.74, 6) is -0.516. The van der Waals surface area contributed by atoms with Crippen LogP contribution < -0.4 is 5.73 Å². The third kappa shape index (κ3) is 3.88. The predicted molar refractivity (Wildman–Crippen MR) is 82.1 cm³/mol. The molecule has 1 atom stereocenters. The molecule has 0 fully saturated rings. The summed E-state index contributed by atoms with van der Waals surface area (Å²) in [5, 5.41) is 0. The maximum atomic E-state index is 13.0. The van der Waals surface area contributed by atoms with Gasteiger partial charge in [0.25, 0.3) is 5.91 Å². The normalized spacial score (nSPS) is 12.0. The average molecular weight is 380 g/mol. The SMILES string of the molecule is CC(CC(N)=S)N(C)C(=O)c1ccc(F)cc1I. The first-order valence-corrected chi connectivity index (χ1v) is 6.82. The van der Waals surface area contributed by atoms with Crippen molar-refractivity contribution in [1.29, 1.82) is 0 Å². The van der Waals surface area contributed by atoms with Gasteiger partial charge in [0, 0.05) is 23.1 Å². The number of hydrogen-bond donors (Lipinski definition) is 1. The van der Waals surface area contributed by atoms with E-state index in [1.165, 1.54) is 18.2 Å². The smallest absolute Gasteiger partial charge is 0.254 e. The van der Waals surface area contributed by atoms with E-state index in [0.29, 0.717) is 20.5 Å². The fourth-order valence-electron chi connectivity index (χ4n) is 1.48. The van der Waals surface area contributed by atoms with Gasteiger partial charge in [0.2, 0.25) is 0 Å². The molecule has 0 aliphatic carbocycles. The van der Waals surface area contributed by atoms with E-state index < -0.39 is 0 Å². The Kier molecular flexibility index (Phi) is 5.46. The highest BCUT2D eigenvalue weighted by atomic mass is 127. The quantitative estimate of drug-likeness (QED) is 0.645. The van der Waals surface area contributed by atoms with Crippen LogP contribution in [0.15, 0.2) is 18.2 Å². The standard InChI is InChI=1S/C12H14FIN2OS/c1-7(5-11(15)18)16(2)12(17)9-4-3-8(13)6-10(9)14/h3-4,6-7H,5H2,1-2H3,(H2,15,18). The van der Waals surface area contributed by atoms with Crippen molar-refractivity contribution in [3.8, 4) is 0 Å². The number of thiocarbonyl (C=S) groups is 1. The second-order valence-corrected chi connectivity index (χ2v) is 5.75. The van der Waals surface area contributed by atoms with Gasteiger partial charge in [-0.15, -0.1) is 0 Å². The second-order valence-electron chi connectivity index (χ2n) is 4.06. The number of hydrogen-bond acceptors (Lipinski definition) is 2. The highest BCUT2D eigenvalue weighted by Gasteiger charge is 2.20. The van der Waals surface area contributed by atoms with Crippen LogP contribution >= 0.6 is 34.8 Å².